The van der Waals surface area contributed by atoms with Gasteiger partial charge in [-0.05, 0) is 54.7 Å². The Balaban J connectivity index is 1.98. The molecule has 33 heavy (non-hydrogen) atoms. The molecule has 1 aromatic carbocycles. The minimum atomic E-state index is -5.01. The molecule has 4 nitrogen and oxygen atoms in total. The highest BCUT2D eigenvalue weighted by molar-refractivity contribution is 5.94. The topological polar surface area (TPSA) is 61.4 Å². The molecule has 0 heterocycles. The number of amides is 1. The Labute approximate surface area is 190 Å². The Hall–Kier alpha value is -1.81. The maximum Gasteiger partial charge on any atom is 0.416 e. The van der Waals surface area contributed by atoms with Gasteiger partial charge in [-0.15, -0.1) is 0 Å². The molecule has 1 atom stereocenters. The second-order valence-corrected chi connectivity index (χ2v) is 10.4. The van der Waals surface area contributed by atoms with E-state index in [1.54, 1.807) is 0 Å². The van der Waals surface area contributed by atoms with Crippen molar-refractivity contribution in [3.8, 4) is 0 Å². The van der Waals surface area contributed by atoms with Crippen LogP contribution >= 0.6 is 0 Å². The molecule has 0 spiro atoms. The van der Waals surface area contributed by atoms with E-state index < -0.39 is 41.1 Å². The standard InChI is InChI=1S/C23H32F6N2O2/c1-20(2,3)18(32)12-30-17-5-7-21(4,8-6-17)13-31-19(33)14-9-15(22(24,25)26)11-16(10-14)23(27,28)29/h9-11,17-18,30,32H,5-8,12-13H2,1-4H3,(H,31,33). The first-order chi connectivity index (χ1) is 14.9. The van der Waals surface area contributed by atoms with Crippen LogP contribution in [0.2, 0.25) is 0 Å². The first-order valence-electron chi connectivity index (χ1n) is 10.9. The molecule has 1 aliphatic rings. The lowest BCUT2D eigenvalue weighted by Crippen LogP contribution is -2.45. The molecule has 0 saturated heterocycles. The molecule has 0 aliphatic heterocycles. The van der Waals surface area contributed by atoms with E-state index in [0.717, 1.165) is 12.8 Å². The first-order valence-corrected chi connectivity index (χ1v) is 10.9. The van der Waals surface area contributed by atoms with Crippen molar-refractivity contribution in [1.82, 2.24) is 10.6 Å². The molecule has 1 unspecified atom stereocenters. The van der Waals surface area contributed by atoms with Crippen molar-refractivity contribution in [3.05, 3.63) is 34.9 Å². The first kappa shape index (κ1) is 27.4. The molecule has 1 amide bonds. The van der Waals surface area contributed by atoms with Crippen molar-refractivity contribution < 1.29 is 36.2 Å². The van der Waals surface area contributed by atoms with E-state index in [0.29, 0.717) is 31.5 Å². The van der Waals surface area contributed by atoms with Gasteiger partial charge < -0.3 is 15.7 Å². The number of alkyl halides is 6. The molecule has 1 aromatic rings. The Morgan fingerprint density at radius 2 is 1.52 bits per heavy atom. The van der Waals surface area contributed by atoms with Crippen LogP contribution in [0, 0.1) is 10.8 Å². The molecule has 1 saturated carbocycles. The van der Waals surface area contributed by atoms with E-state index in [4.69, 9.17) is 0 Å². The van der Waals surface area contributed by atoms with Gasteiger partial charge in [0, 0.05) is 24.7 Å². The molecule has 3 N–H and O–H groups in total. The van der Waals surface area contributed by atoms with Crippen LogP contribution in [-0.4, -0.2) is 36.2 Å². The third kappa shape index (κ3) is 7.88. The number of hydrogen-bond acceptors (Lipinski definition) is 3. The normalized spacial score (nSPS) is 23.3. The molecular formula is C23H32F6N2O2. The number of hydrogen-bond donors (Lipinski definition) is 3. The van der Waals surface area contributed by atoms with E-state index >= 15 is 0 Å². The molecule has 10 heteroatoms. The van der Waals surface area contributed by atoms with Gasteiger partial charge in [-0.2, -0.15) is 26.3 Å². The Bertz CT molecular complexity index is 789. The van der Waals surface area contributed by atoms with Gasteiger partial charge in [0.2, 0.25) is 0 Å². The number of aliphatic hydroxyl groups excluding tert-OH is 1. The second-order valence-electron chi connectivity index (χ2n) is 10.4. The second kappa shape index (κ2) is 9.82. The fourth-order valence-electron chi connectivity index (χ4n) is 3.76. The van der Waals surface area contributed by atoms with Crippen LogP contribution in [0.3, 0.4) is 0 Å². The minimum Gasteiger partial charge on any atom is -0.391 e. The summed E-state index contributed by atoms with van der Waals surface area (Å²) in [6.45, 7) is 8.37. The van der Waals surface area contributed by atoms with Crippen molar-refractivity contribution >= 4 is 5.91 Å². The monoisotopic (exact) mass is 482 g/mol. The zero-order valence-corrected chi connectivity index (χ0v) is 19.3. The average molecular weight is 483 g/mol. The van der Waals surface area contributed by atoms with Crippen LogP contribution in [0.25, 0.3) is 0 Å². The summed E-state index contributed by atoms with van der Waals surface area (Å²) < 4.78 is 78.2. The third-order valence-corrected chi connectivity index (χ3v) is 6.32. The summed E-state index contributed by atoms with van der Waals surface area (Å²) >= 11 is 0. The Kier molecular flexibility index (Phi) is 8.16. The molecule has 0 bridgehead atoms. The van der Waals surface area contributed by atoms with Gasteiger partial charge in [-0.25, -0.2) is 0 Å². The van der Waals surface area contributed by atoms with Crippen LogP contribution in [0.15, 0.2) is 18.2 Å². The summed E-state index contributed by atoms with van der Waals surface area (Å²) in [7, 11) is 0. The fraction of sp³-hybridized carbons (Fsp3) is 0.696. The summed E-state index contributed by atoms with van der Waals surface area (Å²) in [6.07, 6.45) is -7.52. The molecule has 188 valence electrons. The number of carbonyl (C=O) groups excluding carboxylic acids is 1. The highest BCUT2D eigenvalue weighted by atomic mass is 19.4. The number of aliphatic hydroxyl groups is 1. The van der Waals surface area contributed by atoms with E-state index in [2.05, 4.69) is 10.6 Å². The summed E-state index contributed by atoms with van der Waals surface area (Å²) in [5.41, 5.74) is -4.27. The van der Waals surface area contributed by atoms with Gasteiger partial charge in [0.15, 0.2) is 0 Å². The van der Waals surface area contributed by atoms with Gasteiger partial charge >= 0.3 is 12.4 Å². The van der Waals surface area contributed by atoms with E-state index in [9.17, 15) is 36.2 Å². The highest BCUT2D eigenvalue weighted by Crippen LogP contribution is 2.37. The predicted molar refractivity (Wildman–Crippen MR) is 113 cm³/mol. The predicted octanol–water partition coefficient (Wildman–Crippen LogP) is 5.40. The smallest absolute Gasteiger partial charge is 0.391 e. The van der Waals surface area contributed by atoms with E-state index in [1.165, 1.54) is 0 Å². The van der Waals surface area contributed by atoms with Crippen LogP contribution in [-0.2, 0) is 12.4 Å². The molecule has 1 fully saturated rings. The average Bonchev–Trinajstić information content (AvgIpc) is 2.69. The van der Waals surface area contributed by atoms with E-state index in [1.807, 2.05) is 27.7 Å². The number of benzene rings is 1. The van der Waals surface area contributed by atoms with Crippen molar-refractivity contribution in [1.29, 1.82) is 0 Å². The fourth-order valence-corrected chi connectivity index (χ4v) is 3.76. The van der Waals surface area contributed by atoms with Gasteiger partial charge in [-0.3, -0.25) is 4.79 Å². The maximum absolute atomic E-state index is 13.0. The summed E-state index contributed by atoms with van der Waals surface area (Å²) in [5.74, 6) is -0.971. The number of rotatable bonds is 6. The number of nitrogens with one attached hydrogen (secondary N) is 2. The van der Waals surface area contributed by atoms with Crippen molar-refractivity contribution in [2.24, 2.45) is 10.8 Å². The quantitative estimate of drug-likeness (QED) is 0.476. The van der Waals surface area contributed by atoms with E-state index in [-0.39, 0.29) is 29.5 Å². The lowest BCUT2D eigenvalue weighted by Gasteiger charge is -2.38. The molecular weight excluding hydrogens is 450 g/mol. The lowest BCUT2D eigenvalue weighted by molar-refractivity contribution is -0.143. The summed E-state index contributed by atoms with van der Waals surface area (Å²) in [4.78, 5) is 12.4. The minimum absolute atomic E-state index is 0.00294. The largest absolute Gasteiger partial charge is 0.416 e. The van der Waals surface area contributed by atoms with Crippen molar-refractivity contribution in [2.45, 2.75) is 77.9 Å². The molecule has 0 radical (unpaired) electrons. The zero-order chi connectivity index (χ0) is 25.2. The third-order valence-electron chi connectivity index (χ3n) is 6.32. The van der Waals surface area contributed by atoms with Gasteiger partial charge in [0.1, 0.15) is 0 Å². The van der Waals surface area contributed by atoms with Crippen LogP contribution in [0.4, 0.5) is 26.3 Å². The zero-order valence-electron chi connectivity index (χ0n) is 19.3. The van der Waals surface area contributed by atoms with Crippen LogP contribution in [0.5, 0.6) is 0 Å². The molecule has 1 aliphatic carbocycles. The SMILES string of the molecule is CC1(CNC(=O)c2cc(C(F)(F)F)cc(C(F)(F)F)c2)CCC(NCC(O)C(C)(C)C)CC1. The number of carbonyl (C=O) groups is 1. The van der Waals surface area contributed by atoms with Crippen LogP contribution in [0.1, 0.15) is 74.9 Å². The van der Waals surface area contributed by atoms with Crippen molar-refractivity contribution in [3.63, 3.8) is 0 Å². The lowest BCUT2D eigenvalue weighted by atomic mass is 9.73. The van der Waals surface area contributed by atoms with Crippen LogP contribution < -0.4 is 10.6 Å². The molecule has 0 aromatic heterocycles. The van der Waals surface area contributed by atoms with Crippen molar-refractivity contribution in [2.75, 3.05) is 13.1 Å². The van der Waals surface area contributed by atoms with Gasteiger partial charge in [0.25, 0.3) is 5.91 Å². The number of halogens is 6. The summed E-state index contributed by atoms with van der Waals surface area (Å²) in [6, 6.07) is 1.08. The van der Waals surface area contributed by atoms with Gasteiger partial charge in [-0.1, -0.05) is 27.7 Å². The molecule has 2 rings (SSSR count). The Morgan fingerprint density at radius 3 is 1.94 bits per heavy atom. The Morgan fingerprint density at radius 1 is 1.03 bits per heavy atom. The highest BCUT2D eigenvalue weighted by Gasteiger charge is 2.38. The maximum atomic E-state index is 13.0. The summed E-state index contributed by atoms with van der Waals surface area (Å²) in [5, 5.41) is 16.0. The van der Waals surface area contributed by atoms with Gasteiger partial charge in [0.05, 0.1) is 17.2 Å².